The molecule has 1 heterocycles. The van der Waals surface area contributed by atoms with E-state index in [1.165, 1.54) is 25.2 Å². The highest BCUT2D eigenvalue weighted by atomic mass is 32.1. The van der Waals surface area contributed by atoms with E-state index in [4.69, 9.17) is 0 Å². The van der Waals surface area contributed by atoms with Gasteiger partial charge in [0, 0.05) is 16.0 Å². The van der Waals surface area contributed by atoms with Gasteiger partial charge in [-0.05, 0) is 27.7 Å². The molecule has 0 spiro atoms. The maximum absolute atomic E-state index is 11.6. The van der Waals surface area contributed by atoms with Crippen LogP contribution in [-0.4, -0.2) is 11.6 Å². The SMILES string of the molecule is C/C=C/C=C/c1c(C(C)=O)sc(C)c1C(C)=O. The number of hydrogen-bond donors (Lipinski definition) is 0. The fourth-order valence-corrected chi connectivity index (χ4v) is 2.77. The molecule has 1 aromatic heterocycles. The predicted octanol–water partition coefficient (Wildman–Crippen LogP) is 4.05. The first kappa shape index (κ1) is 13.6. The molecule has 2 nitrogen and oxygen atoms in total. The van der Waals surface area contributed by atoms with Crippen LogP contribution in [0.5, 0.6) is 0 Å². The first-order chi connectivity index (χ1) is 7.99. The lowest BCUT2D eigenvalue weighted by Gasteiger charge is -1.98. The summed E-state index contributed by atoms with van der Waals surface area (Å²) in [6.07, 6.45) is 7.45. The summed E-state index contributed by atoms with van der Waals surface area (Å²) in [6.45, 7) is 6.86. The Balaban J connectivity index is 3.40. The van der Waals surface area contributed by atoms with Crippen LogP contribution in [0.15, 0.2) is 18.2 Å². The molecule has 0 N–H and O–H groups in total. The van der Waals surface area contributed by atoms with Gasteiger partial charge in [-0.15, -0.1) is 11.3 Å². The summed E-state index contributed by atoms with van der Waals surface area (Å²) in [5.41, 5.74) is 1.42. The summed E-state index contributed by atoms with van der Waals surface area (Å²) < 4.78 is 0. The van der Waals surface area contributed by atoms with Crippen molar-refractivity contribution >= 4 is 29.0 Å². The third-order valence-corrected chi connectivity index (χ3v) is 3.58. The molecule has 0 fully saturated rings. The Morgan fingerprint density at radius 2 is 1.76 bits per heavy atom. The van der Waals surface area contributed by atoms with Gasteiger partial charge >= 0.3 is 0 Å². The third-order valence-electron chi connectivity index (χ3n) is 2.36. The summed E-state index contributed by atoms with van der Waals surface area (Å²) in [7, 11) is 0. The van der Waals surface area contributed by atoms with Gasteiger partial charge < -0.3 is 0 Å². The number of Topliss-reactive ketones (excluding diaryl/α,β-unsaturated/α-hetero) is 2. The molecule has 0 amide bonds. The van der Waals surface area contributed by atoms with Gasteiger partial charge in [0.15, 0.2) is 11.6 Å². The number of carbonyl (C=O) groups excluding carboxylic acids is 2. The molecule has 0 aliphatic heterocycles. The maximum Gasteiger partial charge on any atom is 0.170 e. The lowest BCUT2D eigenvalue weighted by molar-refractivity contribution is 0.101. The van der Waals surface area contributed by atoms with Crippen molar-refractivity contribution in [3.05, 3.63) is 39.1 Å². The van der Waals surface area contributed by atoms with Gasteiger partial charge in [0.25, 0.3) is 0 Å². The topological polar surface area (TPSA) is 34.1 Å². The van der Waals surface area contributed by atoms with Crippen LogP contribution < -0.4 is 0 Å². The molecule has 17 heavy (non-hydrogen) atoms. The van der Waals surface area contributed by atoms with Gasteiger partial charge in [-0.25, -0.2) is 0 Å². The summed E-state index contributed by atoms with van der Waals surface area (Å²) in [5, 5.41) is 0. The molecule has 0 radical (unpaired) electrons. The zero-order valence-corrected chi connectivity index (χ0v) is 11.4. The molecule has 0 aliphatic carbocycles. The molecule has 1 aromatic rings. The third kappa shape index (κ3) is 3.01. The molecule has 0 aliphatic rings. The predicted molar refractivity (Wildman–Crippen MR) is 72.9 cm³/mol. The highest BCUT2D eigenvalue weighted by Gasteiger charge is 2.19. The van der Waals surface area contributed by atoms with Gasteiger partial charge in [0.1, 0.15) is 0 Å². The fourth-order valence-electron chi connectivity index (χ4n) is 1.68. The number of carbonyl (C=O) groups is 2. The molecule has 0 unspecified atom stereocenters. The van der Waals surface area contributed by atoms with Crippen LogP contribution in [0.4, 0.5) is 0 Å². The summed E-state index contributed by atoms with van der Waals surface area (Å²) in [5.74, 6) is 0.0112. The number of thiophene rings is 1. The van der Waals surface area contributed by atoms with Crippen LogP contribution >= 0.6 is 11.3 Å². The summed E-state index contributed by atoms with van der Waals surface area (Å²) in [6, 6.07) is 0. The molecule has 0 atom stereocenters. The number of aryl methyl sites for hydroxylation is 1. The van der Waals surface area contributed by atoms with E-state index in [0.717, 1.165) is 10.4 Å². The van der Waals surface area contributed by atoms with Crippen molar-refractivity contribution in [2.45, 2.75) is 27.7 Å². The second-order valence-electron chi connectivity index (χ2n) is 3.77. The van der Waals surface area contributed by atoms with E-state index in [1.54, 1.807) is 0 Å². The molecule has 1 rings (SSSR count). The molecule has 3 heteroatoms. The van der Waals surface area contributed by atoms with Gasteiger partial charge in [0.2, 0.25) is 0 Å². The van der Waals surface area contributed by atoms with Gasteiger partial charge in [-0.2, -0.15) is 0 Å². The number of allylic oxidation sites excluding steroid dienone is 3. The maximum atomic E-state index is 11.6. The Hall–Kier alpha value is -1.48. The minimum atomic E-state index is 0.00530. The first-order valence-electron chi connectivity index (χ1n) is 5.43. The van der Waals surface area contributed by atoms with Crippen LogP contribution in [0.1, 0.15) is 51.2 Å². The Morgan fingerprint density at radius 3 is 2.24 bits per heavy atom. The van der Waals surface area contributed by atoms with Crippen LogP contribution in [-0.2, 0) is 0 Å². The van der Waals surface area contributed by atoms with E-state index < -0.39 is 0 Å². The Kier molecular flexibility index (Phi) is 4.58. The molecule has 0 saturated carbocycles. The van der Waals surface area contributed by atoms with Crippen LogP contribution in [0.2, 0.25) is 0 Å². The minimum Gasteiger partial charge on any atom is -0.294 e. The van der Waals surface area contributed by atoms with Crippen molar-refractivity contribution in [2.24, 2.45) is 0 Å². The second kappa shape index (κ2) is 5.73. The fraction of sp³-hybridized carbons (Fsp3) is 0.286. The van der Waals surface area contributed by atoms with Gasteiger partial charge in [-0.3, -0.25) is 9.59 Å². The largest absolute Gasteiger partial charge is 0.294 e. The van der Waals surface area contributed by atoms with E-state index in [1.807, 2.05) is 38.2 Å². The van der Waals surface area contributed by atoms with Gasteiger partial charge in [0.05, 0.1) is 4.88 Å². The molecular formula is C14H16O2S. The molecule has 0 saturated heterocycles. The number of rotatable bonds is 4. The lowest BCUT2D eigenvalue weighted by Crippen LogP contribution is -1.97. The van der Waals surface area contributed by atoms with Gasteiger partial charge in [-0.1, -0.05) is 24.3 Å². The van der Waals surface area contributed by atoms with Crippen molar-refractivity contribution in [2.75, 3.05) is 0 Å². The lowest BCUT2D eigenvalue weighted by atomic mass is 10.0. The molecule has 90 valence electrons. The first-order valence-corrected chi connectivity index (χ1v) is 6.25. The monoisotopic (exact) mass is 248 g/mol. The normalized spacial score (nSPS) is 11.5. The number of ketones is 2. The highest BCUT2D eigenvalue weighted by molar-refractivity contribution is 7.14. The zero-order chi connectivity index (χ0) is 13.0. The smallest absolute Gasteiger partial charge is 0.170 e. The number of hydrogen-bond acceptors (Lipinski definition) is 3. The van der Waals surface area contributed by atoms with E-state index in [-0.39, 0.29) is 11.6 Å². The standard InChI is InChI=1S/C14H16O2S/c1-5-6-7-8-12-13(9(2)15)11(4)17-14(12)10(3)16/h5-8H,1-4H3/b6-5+,8-7+. The van der Waals surface area contributed by atoms with Crippen LogP contribution in [0.25, 0.3) is 6.08 Å². The average Bonchev–Trinajstić information content (AvgIpc) is 2.56. The summed E-state index contributed by atoms with van der Waals surface area (Å²) in [4.78, 5) is 24.7. The van der Waals surface area contributed by atoms with Crippen molar-refractivity contribution < 1.29 is 9.59 Å². The molecule has 0 bridgehead atoms. The van der Waals surface area contributed by atoms with Crippen molar-refractivity contribution in [3.63, 3.8) is 0 Å². The molecular weight excluding hydrogens is 232 g/mol. The zero-order valence-electron chi connectivity index (χ0n) is 10.5. The Labute approximate surface area is 106 Å². The minimum absolute atomic E-state index is 0.00530. The van der Waals surface area contributed by atoms with Crippen molar-refractivity contribution in [3.8, 4) is 0 Å². The molecule has 0 aromatic carbocycles. The van der Waals surface area contributed by atoms with E-state index in [0.29, 0.717) is 10.4 Å². The van der Waals surface area contributed by atoms with Crippen molar-refractivity contribution in [1.82, 2.24) is 0 Å². The second-order valence-corrected chi connectivity index (χ2v) is 5.00. The Bertz CT molecular complexity index is 505. The quantitative estimate of drug-likeness (QED) is 0.595. The average molecular weight is 248 g/mol. The van der Waals surface area contributed by atoms with Crippen LogP contribution in [0.3, 0.4) is 0 Å². The summed E-state index contributed by atoms with van der Waals surface area (Å²) >= 11 is 1.39. The Morgan fingerprint density at radius 1 is 1.12 bits per heavy atom. The van der Waals surface area contributed by atoms with Crippen molar-refractivity contribution in [1.29, 1.82) is 0 Å². The van der Waals surface area contributed by atoms with E-state index >= 15 is 0 Å². The van der Waals surface area contributed by atoms with Crippen LogP contribution in [0, 0.1) is 6.92 Å². The highest BCUT2D eigenvalue weighted by Crippen LogP contribution is 2.30. The van der Waals surface area contributed by atoms with E-state index in [9.17, 15) is 9.59 Å². The van der Waals surface area contributed by atoms with E-state index in [2.05, 4.69) is 0 Å².